The van der Waals surface area contributed by atoms with Gasteiger partial charge in [-0.25, -0.2) is 9.78 Å². The number of rotatable bonds is 2. The largest absolute Gasteiger partial charge is 0.353 e. The van der Waals surface area contributed by atoms with Crippen molar-refractivity contribution >= 4 is 11.8 Å². The van der Waals surface area contributed by atoms with E-state index in [1.807, 2.05) is 24.3 Å². The third-order valence-electron chi connectivity index (χ3n) is 2.86. The summed E-state index contributed by atoms with van der Waals surface area (Å²) < 4.78 is 0. The van der Waals surface area contributed by atoms with Crippen LogP contribution in [0.4, 0.5) is 10.6 Å². The third kappa shape index (κ3) is 2.88. The van der Waals surface area contributed by atoms with Crippen LogP contribution in [0.3, 0.4) is 0 Å². The summed E-state index contributed by atoms with van der Waals surface area (Å²) in [4.78, 5) is 19.8. The van der Waals surface area contributed by atoms with Gasteiger partial charge in [0, 0.05) is 32.4 Å². The zero-order valence-corrected chi connectivity index (χ0v) is 10.0. The molecule has 1 aliphatic rings. The molecule has 0 radical (unpaired) electrons. The molecule has 1 saturated heterocycles. The van der Waals surface area contributed by atoms with E-state index in [1.165, 1.54) is 0 Å². The van der Waals surface area contributed by atoms with E-state index in [4.69, 9.17) is 5.26 Å². The zero-order valence-electron chi connectivity index (χ0n) is 10.0. The quantitative estimate of drug-likeness (QED) is 0.767. The third-order valence-corrected chi connectivity index (χ3v) is 2.86. The van der Waals surface area contributed by atoms with E-state index in [-0.39, 0.29) is 12.6 Å². The molecule has 2 amide bonds. The Morgan fingerprint density at radius 2 is 2.17 bits per heavy atom. The topological polar surface area (TPSA) is 72.3 Å². The highest BCUT2D eigenvalue weighted by atomic mass is 16.2. The Morgan fingerprint density at radius 3 is 2.78 bits per heavy atom. The number of nitrogens with one attached hydrogen (secondary N) is 1. The fourth-order valence-corrected chi connectivity index (χ4v) is 1.91. The minimum atomic E-state index is -0.169. The first-order valence-corrected chi connectivity index (χ1v) is 5.87. The van der Waals surface area contributed by atoms with Crippen molar-refractivity contribution in [3.05, 3.63) is 24.4 Å². The summed E-state index contributed by atoms with van der Waals surface area (Å²) in [5.41, 5.74) is 0. The van der Waals surface area contributed by atoms with E-state index >= 15 is 0 Å². The number of urea groups is 1. The molecule has 0 aliphatic carbocycles. The lowest BCUT2D eigenvalue weighted by Crippen LogP contribution is -2.52. The van der Waals surface area contributed by atoms with E-state index < -0.39 is 0 Å². The molecule has 0 aromatic carbocycles. The minimum absolute atomic E-state index is 0.0548. The Bertz CT molecular complexity index is 434. The van der Waals surface area contributed by atoms with Gasteiger partial charge < -0.3 is 15.1 Å². The van der Waals surface area contributed by atoms with Crippen molar-refractivity contribution in [1.29, 1.82) is 5.26 Å². The fourth-order valence-electron chi connectivity index (χ4n) is 1.91. The molecular weight excluding hydrogens is 230 g/mol. The predicted octanol–water partition coefficient (Wildman–Crippen LogP) is 0.437. The first-order chi connectivity index (χ1) is 8.81. The van der Waals surface area contributed by atoms with Crippen LogP contribution in [-0.4, -0.2) is 48.6 Å². The summed E-state index contributed by atoms with van der Waals surface area (Å²) in [6.07, 6.45) is 1.77. The number of carbonyl (C=O) groups excluding carboxylic acids is 1. The van der Waals surface area contributed by atoms with Crippen LogP contribution in [0.15, 0.2) is 24.4 Å². The molecule has 94 valence electrons. The van der Waals surface area contributed by atoms with Crippen molar-refractivity contribution in [3.8, 4) is 6.07 Å². The van der Waals surface area contributed by atoms with Crippen LogP contribution in [0.1, 0.15) is 0 Å². The Hall–Kier alpha value is -2.29. The zero-order chi connectivity index (χ0) is 12.8. The fraction of sp³-hybridized carbons (Fsp3) is 0.417. The van der Waals surface area contributed by atoms with Crippen LogP contribution >= 0.6 is 0 Å². The van der Waals surface area contributed by atoms with E-state index in [9.17, 15) is 4.79 Å². The molecule has 1 aromatic heterocycles. The summed E-state index contributed by atoms with van der Waals surface area (Å²) in [6.45, 7) is 2.87. The van der Waals surface area contributed by atoms with E-state index in [1.54, 1.807) is 11.1 Å². The first-order valence-electron chi connectivity index (χ1n) is 5.87. The molecule has 1 aromatic rings. The number of piperazine rings is 1. The molecule has 18 heavy (non-hydrogen) atoms. The molecule has 6 nitrogen and oxygen atoms in total. The lowest BCUT2D eigenvalue weighted by molar-refractivity contribution is 0.195. The minimum Gasteiger partial charge on any atom is -0.353 e. The van der Waals surface area contributed by atoms with Crippen LogP contribution in [0.5, 0.6) is 0 Å². The maximum Gasteiger partial charge on any atom is 0.318 e. The van der Waals surface area contributed by atoms with Crippen LogP contribution in [0.2, 0.25) is 0 Å². The van der Waals surface area contributed by atoms with Gasteiger partial charge in [0.1, 0.15) is 12.4 Å². The Kier molecular flexibility index (Phi) is 3.97. The summed E-state index contributed by atoms with van der Waals surface area (Å²) >= 11 is 0. The average Bonchev–Trinajstić information content (AvgIpc) is 2.46. The average molecular weight is 245 g/mol. The molecule has 1 aliphatic heterocycles. The van der Waals surface area contributed by atoms with Gasteiger partial charge in [-0.2, -0.15) is 5.26 Å². The van der Waals surface area contributed by atoms with Gasteiger partial charge in [-0.1, -0.05) is 6.07 Å². The lowest BCUT2D eigenvalue weighted by Gasteiger charge is -2.35. The van der Waals surface area contributed by atoms with Gasteiger partial charge in [-0.15, -0.1) is 0 Å². The highest BCUT2D eigenvalue weighted by Crippen LogP contribution is 2.12. The molecule has 1 N–H and O–H groups in total. The maximum atomic E-state index is 11.6. The van der Waals surface area contributed by atoms with Gasteiger partial charge in [-0.05, 0) is 12.1 Å². The number of anilines is 1. The number of amides is 2. The van der Waals surface area contributed by atoms with Crippen LogP contribution in [0, 0.1) is 11.3 Å². The second-order valence-corrected chi connectivity index (χ2v) is 3.98. The second-order valence-electron chi connectivity index (χ2n) is 3.98. The number of hydrogen-bond donors (Lipinski definition) is 1. The van der Waals surface area contributed by atoms with Crippen molar-refractivity contribution in [1.82, 2.24) is 15.2 Å². The number of aromatic nitrogens is 1. The molecule has 2 heterocycles. The summed E-state index contributed by atoms with van der Waals surface area (Å²) in [7, 11) is 0. The summed E-state index contributed by atoms with van der Waals surface area (Å²) in [5, 5.41) is 11.0. The van der Waals surface area contributed by atoms with Gasteiger partial charge in [0.15, 0.2) is 0 Å². The molecule has 6 heteroatoms. The van der Waals surface area contributed by atoms with E-state index in [0.717, 1.165) is 18.9 Å². The van der Waals surface area contributed by atoms with Gasteiger partial charge in [0.2, 0.25) is 0 Å². The van der Waals surface area contributed by atoms with Crippen molar-refractivity contribution in [2.75, 3.05) is 37.6 Å². The molecule has 0 unspecified atom stereocenters. The molecule has 0 atom stereocenters. The normalized spacial score (nSPS) is 15.1. The summed E-state index contributed by atoms with van der Waals surface area (Å²) in [5.74, 6) is 0.939. The molecule has 0 bridgehead atoms. The Morgan fingerprint density at radius 1 is 1.39 bits per heavy atom. The van der Waals surface area contributed by atoms with Crippen molar-refractivity contribution in [2.24, 2.45) is 0 Å². The number of nitriles is 1. The SMILES string of the molecule is N#CCNC(=O)N1CCN(c2ccccn2)CC1. The molecule has 1 fully saturated rings. The number of carbonyl (C=O) groups is 1. The van der Waals surface area contributed by atoms with Crippen LogP contribution in [-0.2, 0) is 0 Å². The van der Waals surface area contributed by atoms with E-state index in [2.05, 4.69) is 15.2 Å². The standard InChI is InChI=1S/C12H15N5O/c13-4-6-15-12(18)17-9-7-16(8-10-17)11-3-1-2-5-14-11/h1-3,5H,6-10H2,(H,15,18). The van der Waals surface area contributed by atoms with Gasteiger partial charge in [-0.3, -0.25) is 0 Å². The maximum absolute atomic E-state index is 11.6. The number of hydrogen-bond acceptors (Lipinski definition) is 4. The highest BCUT2D eigenvalue weighted by molar-refractivity contribution is 5.74. The summed E-state index contributed by atoms with van der Waals surface area (Å²) in [6, 6.07) is 7.52. The van der Waals surface area contributed by atoms with Crippen LogP contribution < -0.4 is 10.2 Å². The number of pyridine rings is 1. The second kappa shape index (κ2) is 5.87. The highest BCUT2D eigenvalue weighted by Gasteiger charge is 2.21. The monoisotopic (exact) mass is 245 g/mol. The smallest absolute Gasteiger partial charge is 0.318 e. The van der Waals surface area contributed by atoms with Gasteiger partial charge in [0.25, 0.3) is 0 Å². The Labute approximate surface area is 106 Å². The van der Waals surface area contributed by atoms with Gasteiger partial charge >= 0.3 is 6.03 Å². The van der Waals surface area contributed by atoms with Crippen LogP contribution in [0.25, 0.3) is 0 Å². The Balaban J connectivity index is 1.85. The predicted molar refractivity (Wildman–Crippen MR) is 67.0 cm³/mol. The molecule has 2 rings (SSSR count). The molecule has 0 spiro atoms. The first kappa shape index (κ1) is 12.2. The van der Waals surface area contributed by atoms with E-state index in [0.29, 0.717) is 13.1 Å². The van der Waals surface area contributed by atoms with Gasteiger partial charge in [0.05, 0.1) is 6.07 Å². The van der Waals surface area contributed by atoms with Crippen molar-refractivity contribution < 1.29 is 4.79 Å². The lowest BCUT2D eigenvalue weighted by atomic mass is 10.3. The number of nitrogens with zero attached hydrogens (tertiary/aromatic N) is 4. The van der Waals surface area contributed by atoms with Crippen molar-refractivity contribution in [2.45, 2.75) is 0 Å². The molecular formula is C12H15N5O. The molecule has 0 saturated carbocycles. The van der Waals surface area contributed by atoms with Crippen molar-refractivity contribution in [3.63, 3.8) is 0 Å².